The van der Waals surface area contributed by atoms with Crippen LogP contribution in [0.1, 0.15) is 19.3 Å². The summed E-state index contributed by atoms with van der Waals surface area (Å²) in [5.41, 5.74) is 0.207. The van der Waals surface area contributed by atoms with Crippen LogP contribution in [-0.2, 0) is 10.2 Å². The molecule has 1 heterocycles. The van der Waals surface area contributed by atoms with Crippen molar-refractivity contribution in [1.82, 2.24) is 8.61 Å². The molecule has 2 rings (SSSR count). The molecule has 0 N–H and O–H groups in total. The van der Waals surface area contributed by atoms with Gasteiger partial charge in [0, 0.05) is 32.0 Å². The number of hydrogen-bond donors (Lipinski definition) is 0. The number of alkyl halides is 1. The Kier molecular flexibility index (Phi) is 3.14. The first-order valence-corrected chi connectivity index (χ1v) is 7.79. The van der Waals surface area contributed by atoms with Gasteiger partial charge in [0.25, 0.3) is 10.2 Å². The van der Waals surface area contributed by atoms with Crippen molar-refractivity contribution in [3.8, 4) is 0 Å². The van der Waals surface area contributed by atoms with Crippen molar-refractivity contribution in [3.63, 3.8) is 0 Å². The molecule has 0 aromatic rings. The van der Waals surface area contributed by atoms with Crippen LogP contribution in [0.25, 0.3) is 0 Å². The Bertz CT molecular complexity index is 335. The maximum absolute atomic E-state index is 11.9. The molecule has 0 aromatic heterocycles. The molecule has 1 aliphatic heterocycles. The van der Waals surface area contributed by atoms with E-state index in [2.05, 4.69) is 15.9 Å². The fraction of sp³-hybridized carbons (Fsp3) is 1.00. The highest BCUT2D eigenvalue weighted by molar-refractivity contribution is 9.09. The van der Waals surface area contributed by atoms with E-state index in [0.717, 1.165) is 18.2 Å². The van der Waals surface area contributed by atoms with E-state index in [4.69, 9.17) is 0 Å². The van der Waals surface area contributed by atoms with Crippen LogP contribution in [0.4, 0.5) is 0 Å². The van der Waals surface area contributed by atoms with Crippen molar-refractivity contribution >= 4 is 26.1 Å². The summed E-state index contributed by atoms with van der Waals surface area (Å²) in [5.74, 6) is 0. The zero-order valence-corrected chi connectivity index (χ0v) is 11.3. The van der Waals surface area contributed by atoms with E-state index in [0.29, 0.717) is 19.6 Å². The van der Waals surface area contributed by atoms with Crippen molar-refractivity contribution in [2.24, 2.45) is 5.41 Å². The van der Waals surface area contributed by atoms with E-state index in [1.807, 2.05) is 0 Å². The Balaban J connectivity index is 2.07. The van der Waals surface area contributed by atoms with Crippen molar-refractivity contribution in [3.05, 3.63) is 0 Å². The molecule has 0 atom stereocenters. The first-order valence-electron chi connectivity index (χ1n) is 5.28. The highest BCUT2D eigenvalue weighted by atomic mass is 79.9. The minimum Gasteiger partial charge on any atom is -0.195 e. The van der Waals surface area contributed by atoms with Gasteiger partial charge in [-0.05, 0) is 18.3 Å². The highest BCUT2D eigenvalue weighted by Gasteiger charge is 2.43. The summed E-state index contributed by atoms with van der Waals surface area (Å²) in [4.78, 5) is 0. The fourth-order valence-corrected chi connectivity index (χ4v) is 4.42. The largest absolute Gasteiger partial charge is 0.281 e. The van der Waals surface area contributed by atoms with E-state index in [1.165, 1.54) is 10.7 Å². The van der Waals surface area contributed by atoms with Crippen molar-refractivity contribution in [2.75, 3.05) is 32.0 Å². The minimum absolute atomic E-state index is 0.207. The molecule has 6 heteroatoms. The van der Waals surface area contributed by atoms with Gasteiger partial charge in [0.15, 0.2) is 0 Å². The molecule has 0 unspecified atom stereocenters. The Morgan fingerprint density at radius 2 is 2.00 bits per heavy atom. The zero-order valence-electron chi connectivity index (χ0n) is 8.95. The molecule has 0 amide bonds. The van der Waals surface area contributed by atoms with Gasteiger partial charge in [-0.15, -0.1) is 0 Å². The Labute approximate surface area is 99.9 Å². The third-order valence-corrected chi connectivity index (χ3v) is 6.72. The summed E-state index contributed by atoms with van der Waals surface area (Å²) >= 11 is 3.51. The maximum atomic E-state index is 11.9. The van der Waals surface area contributed by atoms with E-state index < -0.39 is 10.2 Å². The predicted octanol–water partition coefficient (Wildman–Crippen LogP) is 1.04. The topological polar surface area (TPSA) is 40.6 Å². The van der Waals surface area contributed by atoms with Gasteiger partial charge in [-0.2, -0.15) is 17.0 Å². The average molecular weight is 297 g/mol. The Hall–Kier alpha value is 0.350. The molecular formula is C9H17BrN2O2S. The molecule has 88 valence electrons. The predicted molar refractivity (Wildman–Crippen MR) is 63.2 cm³/mol. The summed E-state index contributed by atoms with van der Waals surface area (Å²) in [6.45, 7) is 1.96. The van der Waals surface area contributed by atoms with Crippen LogP contribution in [0.2, 0.25) is 0 Å². The number of likely N-dealkylation sites (N-methyl/N-ethyl adjacent to an activating group) is 1. The Morgan fingerprint density at radius 3 is 2.33 bits per heavy atom. The first kappa shape index (κ1) is 11.8. The standard InChI is InChI=1S/C9H17BrN2O2S/c1-11-5-6-12(15(11,13)14)8-9(7-10)3-2-4-9/h2-8H2,1H3. The molecular weight excluding hydrogens is 280 g/mol. The van der Waals surface area contributed by atoms with Gasteiger partial charge < -0.3 is 0 Å². The SMILES string of the molecule is CN1CCN(CC2(CBr)CCC2)S1(=O)=O. The Morgan fingerprint density at radius 1 is 1.33 bits per heavy atom. The van der Waals surface area contributed by atoms with Gasteiger partial charge in [-0.25, -0.2) is 0 Å². The molecule has 4 nitrogen and oxygen atoms in total. The molecule has 0 spiro atoms. The quantitative estimate of drug-likeness (QED) is 0.730. The molecule has 15 heavy (non-hydrogen) atoms. The van der Waals surface area contributed by atoms with Gasteiger partial charge in [-0.3, -0.25) is 0 Å². The molecule has 0 aromatic carbocycles. The van der Waals surface area contributed by atoms with Crippen LogP contribution in [0.15, 0.2) is 0 Å². The van der Waals surface area contributed by atoms with E-state index in [-0.39, 0.29) is 5.41 Å². The second-order valence-corrected chi connectivity index (χ2v) is 7.25. The molecule has 1 saturated heterocycles. The van der Waals surface area contributed by atoms with Crippen molar-refractivity contribution in [2.45, 2.75) is 19.3 Å². The second-order valence-electron chi connectivity index (χ2n) is 4.65. The normalized spacial score (nSPS) is 30.3. The van der Waals surface area contributed by atoms with Crippen LogP contribution in [0.3, 0.4) is 0 Å². The van der Waals surface area contributed by atoms with Crippen LogP contribution in [0, 0.1) is 5.41 Å². The summed E-state index contributed by atoms with van der Waals surface area (Å²) in [6, 6.07) is 0. The number of nitrogens with zero attached hydrogens (tertiary/aromatic N) is 2. The summed E-state index contributed by atoms with van der Waals surface area (Å²) in [6.07, 6.45) is 3.53. The molecule has 1 aliphatic carbocycles. The zero-order chi connectivity index (χ0) is 11.1. The first-order chi connectivity index (χ1) is 7.00. The minimum atomic E-state index is -3.14. The second kappa shape index (κ2) is 3.98. The van der Waals surface area contributed by atoms with Crippen LogP contribution >= 0.6 is 15.9 Å². The lowest BCUT2D eigenvalue weighted by atomic mass is 9.70. The van der Waals surface area contributed by atoms with E-state index >= 15 is 0 Å². The van der Waals surface area contributed by atoms with Crippen LogP contribution in [0.5, 0.6) is 0 Å². The molecule has 2 fully saturated rings. The van der Waals surface area contributed by atoms with Gasteiger partial charge in [0.2, 0.25) is 0 Å². The van der Waals surface area contributed by atoms with E-state index in [1.54, 1.807) is 11.4 Å². The van der Waals surface area contributed by atoms with Crippen molar-refractivity contribution in [1.29, 1.82) is 0 Å². The smallest absolute Gasteiger partial charge is 0.195 e. The molecule has 0 radical (unpaired) electrons. The number of hydrogen-bond acceptors (Lipinski definition) is 2. The van der Waals surface area contributed by atoms with Gasteiger partial charge in [0.1, 0.15) is 0 Å². The number of halogens is 1. The molecule has 1 saturated carbocycles. The van der Waals surface area contributed by atoms with Crippen LogP contribution < -0.4 is 0 Å². The molecule has 2 aliphatic rings. The number of rotatable bonds is 3. The van der Waals surface area contributed by atoms with Gasteiger partial charge in [0.05, 0.1) is 0 Å². The summed E-state index contributed by atoms with van der Waals surface area (Å²) in [5, 5.41) is 0.912. The third kappa shape index (κ3) is 1.97. The van der Waals surface area contributed by atoms with Gasteiger partial charge >= 0.3 is 0 Å². The third-order valence-electron chi connectivity index (χ3n) is 3.59. The average Bonchev–Trinajstić information content (AvgIpc) is 2.37. The summed E-state index contributed by atoms with van der Waals surface area (Å²) < 4.78 is 26.8. The lowest BCUT2D eigenvalue weighted by Crippen LogP contribution is -2.45. The monoisotopic (exact) mass is 296 g/mol. The highest BCUT2D eigenvalue weighted by Crippen LogP contribution is 2.43. The summed E-state index contributed by atoms with van der Waals surface area (Å²) in [7, 11) is -1.49. The van der Waals surface area contributed by atoms with Crippen molar-refractivity contribution < 1.29 is 8.42 Å². The molecule has 0 bridgehead atoms. The lowest BCUT2D eigenvalue weighted by Gasteiger charge is -2.42. The lowest BCUT2D eigenvalue weighted by molar-refractivity contribution is 0.135. The maximum Gasteiger partial charge on any atom is 0.281 e. The van der Waals surface area contributed by atoms with Gasteiger partial charge in [-0.1, -0.05) is 22.4 Å². The van der Waals surface area contributed by atoms with Crippen LogP contribution in [-0.4, -0.2) is 49.0 Å². The fourth-order valence-electron chi connectivity index (χ4n) is 2.23. The van der Waals surface area contributed by atoms with E-state index in [9.17, 15) is 8.42 Å².